The van der Waals surface area contributed by atoms with E-state index in [-0.39, 0.29) is 0 Å². The normalized spacial score (nSPS) is 26.9. The van der Waals surface area contributed by atoms with E-state index in [0.29, 0.717) is 6.61 Å². The Kier molecular flexibility index (Phi) is 7.89. The van der Waals surface area contributed by atoms with E-state index < -0.39 is 0 Å². The predicted molar refractivity (Wildman–Crippen MR) is 134 cm³/mol. The van der Waals surface area contributed by atoms with Crippen LogP contribution in [0, 0.1) is 17.8 Å². The van der Waals surface area contributed by atoms with E-state index in [0.717, 1.165) is 29.4 Å². The van der Waals surface area contributed by atoms with E-state index in [1.54, 1.807) is 5.56 Å². The van der Waals surface area contributed by atoms with Gasteiger partial charge in [-0.25, -0.2) is 0 Å². The van der Waals surface area contributed by atoms with Crippen molar-refractivity contribution in [3.8, 4) is 5.75 Å². The standard InChI is InChI=1S/C30H40O/c1-3-5-7-23-8-10-24(11-9-23)25-12-14-26(15-13-25)27-16-17-29-22-30(31-20-6-4-2)19-18-28(29)21-27/h3-4,6,16-19,21-26H,1,5,7-15,20H2,2H3. The quantitative estimate of drug-likeness (QED) is 0.390. The molecule has 0 spiro atoms. The minimum absolute atomic E-state index is 0.639. The van der Waals surface area contributed by atoms with Crippen molar-refractivity contribution in [1.29, 1.82) is 0 Å². The van der Waals surface area contributed by atoms with Gasteiger partial charge in [0.15, 0.2) is 0 Å². The number of hydrogen-bond donors (Lipinski definition) is 0. The lowest BCUT2D eigenvalue weighted by Gasteiger charge is -2.38. The summed E-state index contributed by atoms with van der Waals surface area (Å²) < 4.78 is 5.81. The first-order chi connectivity index (χ1) is 15.3. The van der Waals surface area contributed by atoms with E-state index >= 15 is 0 Å². The maximum Gasteiger partial charge on any atom is 0.120 e. The van der Waals surface area contributed by atoms with Crippen molar-refractivity contribution in [1.82, 2.24) is 0 Å². The lowest BCUT2D eigenvalue weighted by molar-refractivity contribution is 0.157. The Balaban J connectivity index is 1.30. The molecule has 2 saturated carbocycles. The second-order valence-corrected chi connectivity index (χ2v) is 9.91. The summed E-state index contributed by atoms with van der Waals surface area (Å²) in [6, 6.07) is 13.6. The zero-order valence-corrected chi connectivity index (χ0v) is 19.4. The Hall–Kier alpha value is -2.02. The molecular formula is C30H40O. The molecule has 2 aromatic carbocycles. The number of fused-ring (bicyclic) bond motifs is 1. The van der Waals surface area contributed by atoms with E-state index in [1.807, 2.05) is 19.1 Å². The second-order valence-electron chi connectivity index (χ2n) is 9.91. The van der Waals surface area contributed by atoms with Crippen molar-refractivity contribution < 1.29 is 4.74 Å². The average Bonchev–Trinajstić information content (AvgIpc) is 2.83. The molecule has 1 nitrogen and oxygen atoms in total. The van der Waals surface area contributed by atoms with E-state index in [4.69, 9.17) is 4.74 Å². The summed E-state index contributed by atoms with van der Waals surface area (Å²) in [5.74, 6) is 4.65. The summed E-state index contributed by atoms with van der Waals surface area (Å²) in [4.78, 5) is 0. The highest BCUT2D eigenvalue weighted by molar-refractivity contribution is 5.84. The van der Waals surface area contributed by atoms with Crippen molar-refractivity contribution in [2.45, 2.75) is 77.0 Å². The van der Waals surface area contributed by atoms with E-state index in [9.17, 15) is 0 Å². The minimum Gasteiger partial charge on any atom is -0.490 e. The fraction of sp³-hybridized carbons (Fsp3) is 0.533. The molecule has 2 aliphatic rings. The highest BCUT2D eigenvalue weighted by Gasteiger charge is 2.31. The molecule has 0 unspecified atom stereocenters. The van der Waals surface area contributed by atoms with Gasteiger partial charge in [0.05, 0.1) is 0 Å². The van der Waals surface area contributed by atoms with Gasteiger partial charge in [-0.05, 0) is 110 Å². The van der Waals surface area contributed by atoms with Crippen molar-refractivity contribution in [3.05, 3.63) is 66.8 Å². The molecule has 0 aliphatic heterocycles. The molecule has 0 amide bonds. The zero-order valence-electron chi connectivity index (χ0n) is 19.4. The zero-order chi connectivity index (χ0) is 21.5. The lowest BCUT2D eigenvalue weighted by atomic mass is 9.68. The third kappa shape index (κ3) is 5.82. The maximum atomic E-state index is 5.81. The van der Waals surface area contributed by atoms with Gasteiger partial charge in [0.25, 0.3) is 0 Å². The lowest BCUT2D eigenvalue weighted by Crippen LogP contribution is -2.25. The topological polar surface area (TPSA) is 9.23 Å². The molecule has 2 fully saturated rings. The Bertz CT molecular complexity index is 863. The molecule has 1 heteroatoms. The van der Waals surface area contributed by atoms with Crippen LogP contribution in [0.15, 0.2) is 61.2 Å². The van der Waals surface area contributed by atoms with Crippen molar-refractivity contribution in [3.63, 3.8) is 0 Å². The summed E-state index contributed by atoms with van der Waals surface area (Å²) in [5.41, 5.74) is 1.54. The molecule has 0 aromatic heterocycles. The predicted octanol–water partition coefficient (Wildman–Crippen LogP) is 8.84. The fourth-order valence-corrected chi connectivity index (χ4v) is 6.05. The van der Waals surface area contributed by atoms with Gasteiger partial charge in [0, 0.05) is 0 Å². The average molecular weight is 417 g/mol. The molecule has 31 heavy (non-hydrogen) atoms. The maximum absolute atomic E-state index is 5.81. The van der Waals surface area contributed by atoms with Crippen molar-refractivity contribution in [2.24, 2.45) is 17.8 Å². The fourth-order valence-electron chi connectivity index (χ4n) is 6.05. The van der Waals surface area contributed by atoms with Gasteiger partial charge >= 0.3 is 0 Å². The molecule has 0 radical (unpaired) electrons. The molecule has 2 aliphatic carbocycles. The highest BCUT2D eigenvalue weighted by Crippen LogP contribution is 2.44. The van der Waals surface area contributed by atoms with E-state index in [2.05, 4.69) is 49.1 Å². The number of rotatable bonds is 8. The monoisotopic (exact) mass is 416 g/mol. The van der Waals surface area contributed by atoms with Crippen LogP contribution in [0.3, 0.4) is 0 Å². The summed E-state index contributed by atoms with van der Waals surface area (Å²) in [5, 5.41) is 2.62. The SMILES string of the molecule is C=CCCC1CCC(C2CCC(c3ccc4cc(OCC=CC)ccc4c3)CC2)CC1. The number of allylic oxidation sites excluding steroid dienone is 2. The third-order valence-corrected chi connectivity index (χ3v) is 8.00. The molecule has 2 aromatic rings. The minimum atomic E-state index is 0.639. The number of benzene rings is 2. The van der Waals surface area contributed by atoms with Gasteiger partial charge in [0.1, 0.15) is 12.4 Å². The second kappa shape index (κ2) is 11.0. The van der Waals surface area contributed by atoms with E-state index in [1.165, 1.54) is 75.0 Å². The van der Waals surface area contributed by atoms with Crippen LogP contribution in [0.25, 0.3) is 10.8 Å². The molecule has 4 rings (SSSR count). The largest absolute Gasteiger partial charge is 0.490 e. The molecule has 0 saturated heterocycles. The van der Waals surface area contributed by atoms with Crippen LogP contribution in [0.2, 0.25) is 0 Å². The van der Waals surface area contributed by atoms with Gasteiger partial charge in [-0.3, -0.25) is 0 Å². The van der Waals surface area contributed by atoms with Crippen LogP contribution in [0.1, 0.15) is 82.6 Å². The summed E-state index contributed by atoms with van der Waals surface area (Å²) in [6.45, 7) is 6.55. The number of ether oxygens (including phenoxy) is 1. The first-order valence-electron chi connectivity index (χ1n) is 12.7. The number of hydrogen-bond acceptors (Lipinski definition) is 1. The molecule has 0 bridgehead atoms. The summed E-state index contributed by atoms with van der Waals surface area (Å²) in [6.07, 6.45) is 20.2. The van der Waals surface area contributed by atoms with Gasteiger partial charge in [-0.2, -0.15) is 0 Å². The van der Waals surface area contributed by atoms with Crippen LogP contribution < -0.4 is 4.74 Å². The molecule has 0 atom stereocenters. The van der Waals surface area contributed by atoms with Gasteiger partial charge in [-0.15, -0.1) is 6.58 Å². The Morgan fingerprint density at radius 1 is 0.871 bits per heavy atom. The summed E-state index contributed by atoms with van der Waals surface area (Å²) >= 11 is 0. The molecule has 0 N–H and O–H groups in total. The Morgan fingerprint density at radius 3 is 2.26 bits per heavy atom. The first-order valence-corrected chi connectivity index (χ1v) is 12.7. The Labute approximate surface area is 189 Å². The first kappa shape index (κ1) is 22.2. The molecular weight excluding hydrogens is 376 g/mol. The molecule has 0 heterocycles. The third-order valence-electron chi connectivity index (χ3n) is 8.00. The van der Waals surface area contributed by atoms with Gasteiger partial charge in [0.2, 0.25) is 0 Å². The van der Waals surface area contributed by atoms with Gasteiger partial charge in [-0.1, -0.05) is 55.3 Å². The van der Waals surface area contributed by atoms with Crippen LogP contribution in [0.4, 0.5) is 0 Å². The summed E-state index contributed by atoms with van der Waals surface area (Å²) in [7, 11) is 0. The van der Waals surface area contributed by atoms with Crippen LogP contribution in [-0.2, 0) is 0 Å². The van der Waals surface area contributed by atoms with Crippen LogP contribution >= 0.6 is 0 Å². The highest BCUT2D eigenvalue weighted by atomic mass is 16.5. The van der Waals surface area contributed by atoms with Crippen molar-refractivity contribution in [2.75, 3.05) is 6.61 Å². The van der Waals surface area contributed by atoms with Crippen LogP contribution in [-0.4, -0.2) is 6.61 Å². The van der Waals surface area contributed by atoms with Gasteiger partial charge < -0.3 is 4.74 Å². The van der Waals surface area contributed by atoms with Crippen LogP contribution in [0.5, 0.6) is 5.75 Å². The molecule has 166 valence electrons. The Morgan fingerprint density at radius 2 is 1.55 bits per heavy atom. The van der Waals surface area contributed by atoms with Crippen molar-refractivity contribution >= 4 is 10.8 Å². The smallest absolute Gasteiger partial charge is 0.120 e.